The van der Waals surface area contributed by atoms with E-state index in [1.807, 2.05) is 24.3 Å². The average molecular weight is 416 g/mol. The van der Waals surface area contributed by atoms with E-state index in [-0.39, 0.29) is 12.3 Å². The molecule has 2 aromatic carbocycles. The van der Waals surface area contributed by atoms with Crippen molar-refractivity contribution in [1.82, 2.24) is 5.32 Å². The van der Waals surface area contributed by atoms with Crippen LogP contribution in [0.15, 0.2) is 36.4 Å². The molecule has 4 N–H and O–H groups in total. The number of unbranched alkanes of at least 4 members (excludes halogenated alkanes) is 5. The van der Waals surface area contributed by atoms with Crippen molar-refractivity contribution in [3.05, 3.63) is 47.5 Å². The van der Waals surface area contributed by atoms with Gasteiger partial charge in [0.25, 0.3) is 0 Å². The minimum Gasteiger partial charge on any atom is -0.394 e. The van der Waals surface area contributed by atoms with Crippen molar-refractivity contribution in [2.45, 2.75) is 76.9 Å². The molecule has 2 aromatic rings. The van der Waals surface area contributed by atoms with Gasteiger partial charge in [0.05, 0.1) is 24.9 Å². The van der Waals surface area contributed by atoms with Gasteiger partial charge in [-0.3, -0.25) is 4.79 Å². The highest BCUT2D eigenvalue weighted by atomic mass is 16.3. The topological polar surface area (TPSA) is 89.8 Å². The molecule has 0 heterocycles. The molecule has 166 valence electrons. The van der Waals surface area contributed by atoms with Gasteiger partial charge < -0.3 is 20.6 Å². The van der Waals surface area contributed by atoms with Crippen LogP contribution in [0.4, 0.5) is 0 Å². The van der Waals surface area contributed by atoms with Gasteiger partial charge in [-0.25, -0.2) is 0 Å². The maximum atomic E-state index is 11.5. The molecule has 2 rings (SSSR count). The van der Waals surface area contributed by atoms with Crippen molar-refractivity contribution < 1.29 is 20.1 Å². The Hall–Kier alpha value is -1.95. The Morgan fingerprint density at radius 1 is 0.967 bits per heavy atom. The van der Waals surface area contributed by atoms with Gasteiger partial charge in [-0.1, -0.05) is 75.4 Å². The number of nitrogens with one attached hydrogen (secondary N) is 1. The molecule has 1 unspecified atom stereocenters. The molecule has 0 aliphatic heterocycles. The van der Waals surface area contributed by atoms with E-state index in [0.717, 1.165) is 29.2 Å². The third kappa shape index (κ3) is 6.53. The van der Waals surface area contributed by atoms with Gasteiger partial charge in [0.15, 0.2) is 0 Å². The Morgan fingerprint density at radius 3 is 2.23 bits per heavy atom. The van der Waals surface area contributed by atoms with Gasteiger partial charge in [0, 0.05) is 13.3 Å². The summed E-state index contributed by atoms with van der Waals surface area (Å²) in [6.45, 7) is 2.66. The molecule has 0 saturated heterocycles. The number of hydrogen-bond acceptors (Lipinski definition) is 4. The second-order valence-corrected chi connectivity index (χ2v) is 8.37. The number of carbonyl (C=O) groups is 1. The van der Waals surface area contributed by atoms with E-state index in [4.69, 9.17) is 0 Å². The van der Waals surface area contributed by atoms with Crippen LogP contribution < -0.4 is 5.32 Å². The third-order valence-electron chi connectivity index (χ3n) is 5.84. The Kier molecular flexibility index (Phi) is 9.76. The summed E-state index contributed by atoms with van der Waals surface area (Å²) in [4.78, 5) is 11.5. The summed E-state index contributed by atoms with van der Waals surface area (Å²) < 4.78 is 0. The Morgan fingerprint density at radius 2 is 1.60 bits per heavy atom. The number of rotatable bonds is 13. The highest BCUT2D eigenvalue weighted by Crippen LogP contribution is 2.32. The summed E-state index contributed by atoms with van der Waals surface area (Å²) in [5.74, 6) is -0.357. The summed E-state index contributed by atoms with van der Waals surface area (Å²) in [5.41, 5.74) is 0.757. The molecular formula is C25H37NO4. The molecule has 0 aliphatic rings. The second-order valence-electron chi connectivity index (χ2n) is 8.37. The minimum absolute atomic E-state index is 0.0281. The number of fused-ring (bicyclic) bond motifs is 1. The fraction of sp³-hybridized carbons (Fsp3) is 0.560. The normalized spacial score (nSPS) is 12.8. The molecule has 1 amide bonds. The van der Waals surface area contributed by atoms with E-state index in [1.54, 1.807) is 0 Å². The van der Waals surface area contributed by atoms with Crippen molar-refractivity contribution in [2.75, 3.05) is 13.2 Å². The molecule has 30 heavy (non-hydrogen) atoms. The van der Waals surface area contributed by atoms with Gasteiger partial charge in [0.2, 0.25) is 5.91 Å². The van der Waals surface area contributed by atoms with E-state index < -0.39 is 24.9 Å². The molecule has 0 aliphatic carbocycles. The number of aryl methyl sites for hydroxylation is 1. The van der Waals surface area contributed by atoms with Crippen molar-refractivity contribution in [3.63, 3.8) is 0 Å². The van der Waals surface area contributed by atoms with E-state index in [0.29, 0.717) is 0 Å². The lowest BCUT2D eigenvalue weighted by Crippen LogP contribution is -2.54. The first-order chi connectivity index (χ1) is 14.5. The first-order valence-electron chi connectivity index (χ1n) is 11.2. The van der Waals surface area contributed by atoms with Gasteiger partial charge in [-0.05, 0) is 34.7 Å². The largest absolute Gasteiger partial charge is 0.394 e. The first-order valence-corrected chi connectivity index (χ1v) is 11.2. The predicted molar refractivity (Wildman–Crippen MR) is 121 cm³/mol. The van der Waals surface area contributed by atoms with Crippen LogP contribution in [0.3, 0.4) is 0 Å². The van der Waals surface area contributed by atoms with Crippen LogP contribution in [-0.4, -0.2) is 40.0 Å². The lowest BCUT2D eigenvalue weighted by atomic mass is 9.87. The van der Waals surface area contributed by atoms with Crippen LogP contribution in [0.5, 0.6) is 0 Å². The van der Waals surface area contributed by atoms with Gasteiger partial charge in [-0.2, -0.15) is 0 Å². The molecular weight excluding hydrogens is 378 g/mol. The Balaban J connectivity index is 2.19. The molecule has 5 heteroatoms. The van der Waals surface area contributed by atoms with Gasteiger partial charge in [-0.15, -0.1) is 0 Å². The maximum absolute atomic E-state index is 11.5. The van der Waals surface area contributed by atoms with Gasteiger partial charge >= 0.3 is 0 Å². The molecule has 0 bridgehead atoms. The highest BCUT2D eigenvalue weighted by Gasteiger charge is 2.33. The molecule has 0 radical (unpaired) electrons. The average Bonchev–Trinajstić information content (AvgIpc) is 2.75. The van der Waals surface area contributed by atoms with E-state index in [1.165, 1.54) is 44.6 Å². The van der Waals surface area contributed by atoms with E-state index in [9.17, 15) is 20.1 Å². The SMILES string of the molecule is CCCCCCCCc1ccc(C(O)CC(CO)(CO)NC(C)=O)c2ccccc12. The summed E-state index contributed by atoms with van der Waals surface area (Å²) >= 11 is 0. The smallest absolute Gasteiger partial charge is 0.217 e. The monoisotopic (exact) mass is 415 g/mol. The standard InChI is InChI=1S/C25H37NO4/c1-3-4-5-6-7-8-11-20-14-15-23(22-13-10-9-12-21(20)22)24(30)16-25(17-27,18-28)26-19(2)29/h9-10,12-15,24,27-28,30H,3-8,11,16-18H2,1-2H3,(H,26,29). The number of benzene rings is 2. The Bertz CT molecular complexity index is 801. The summed E-state index contributed by atoms with van der Waals surface area (Å²) in [5, 5.41) is 35.2. The molecule has 0 spiro atoms. The van der Waals surface area contributed by atoms with E-state index in [2.05, 4.69) is 24.4 Å². The van der Waals surface area contributed by atoms with Crippen LogP contribution in [0.2, 0.25) is 0 Å². The number of hydrogen-bond donors (Lipinski definition) is 4. The zero-order valence-electron chi connectivity index (χ0n) is 18.4. The number of amides is 1. The molecule has 1 atom stereocenters. The van der Waals surface area contributed by atoms with Crippen molar-refractivity contribution in [3.8, 4) is 0 Å². The fourth-order valence-corrected chi connectivity index (χ4v) is 4.15. The zero-order valence-corrected chi connectivity index (χ0v) is 18.4. The van der Waals surface area contributed by atoms with Crippen LogP contribution in [-0.2, 0) is 11.2 Å². The highest BCUT2D eigenvalue weighted by molar-refractivity contribution is 5.89. The van der Waals surface area contributed by atoms with Crippen molar-refractivity contribution in [2.24, 2.45) is 0 Å². The molecule has 0 saturated carbocycles. The molecule has 5 nitrogen and oxygen atoms in total. The van der Waals surface area contributed by atoms with Crippen LogP contribution >= 0.6 is 0 Å². The zero-order chi connectivity index (χ0) is 22.0. The fourth-order valence-electron chi connectivity index (χ4n) is 4.15. The van der Waals surface area contributed by atoms with Crippen molar-refractivity contribution in [1.29, 1.82) is 0 Å². The van der Waals surface area contributed by atoms with Gasteiger partial charge in [0.1, 0.15) is 0 Å². The lowest BCUT2D eigenvalue weighted by Gasteiger charge is -2.33. The van der Waals surface area contributed by atoms with Crippen LogP contribution in [0.1, 0.15) is 76.0 Å². The maximum Gasteiger partial charge on any atom is 0.217 e. The molecule has 0 fully saturated rings. The number of aliphatic hydroxyl groups excluding tert-OH is 3. The quantitative estimate of drug-likeness (QED) is 0.372. The lowest BCUT2D eigenvalue weighted by molar-refractivity contribution is -0.122. The Labute approximate surface area is 180 Å². The first kappa shape index (κ1) is 24.3. The number of aliphatic hydroxyl groups is 3. The summed E-state index contributed by atoms with van der Waals surface area (Å²) in [6.07, 6.45) is 7.61. The summed E-state index contributed by atoms with van der Waals surface area (Å²) in [7, 11) is 0. The number of carbonyl (C=O) groups excluding carboxylic acids is 1. The molecule has 0 aromatic heterocycles. The minimum atomic E-state index is -1.26. The van der Waals surface area contributed by atoms with Crippen LogP contribution in [0.25, 0.3) is 10.8 Å². The van der Waals surface area contributed by atoms with Crippen molar-refractivity contribution >= 4 is 16.7 Å². The van der Waals surface area contributed by atoms with E-state index >= 15 is 0 Å². The third-order valence-corrected chi connectivity index (χ3v) is 5.84. The summed E-state index contributed by atoms with van der Waals surface area (Å²) in [6, 6.07) is 12.0. The second kappa shape index (κ2) is 12.0. The predicted octanol–water partition coefficient (Wildman–Crippen LogP) is 4.03. The van der Waals surface area contributed by atoms with Crippen LogP contribution in [0, 0.1) is 0 Å².